The van der Waals surface area contributed by atoms with Gasteiger partial charge in [0.05, 0.1) is 17.9 Å². The predicted molar refractivity (Wildman–Crippen MR) is 118 cm³/mol. The van der Waals surface area contributed by atoms with Crippen molar-refractivity contribution in [1.82, 2.24) is 14.9 Å². The third-order valence-electron chi connectivity index (χ3n) is 6.16. The van der Waals surface area contributed by atoms with E-state index in [9.17, 15) is 9.18 Å². The molecule has 1 aliphatic carbocycles. The molecular formula is C25H22F2N4O2. The highest BCUT2D eigenvalue weighted by molar-refractivity contribution is 5.61. The summed E-state index contributed by atoms with van der Waals surface area (Å²) in [5, 5.41) is 12.3. The van der Waals surface area contributed by atoms with Crippen LogP contribution in [0.5, 0.6) is 5.88 Å². The number of hydrogen-bond acceptors (Lipinski definition) is 5. The van der Waals surface area contributed by atoms with Crippen molar-refractivity contribution < 1.29 is 13.5 Å². The predicted octanol–water partition coefficient (Wildman–Crippen LogP) is 3.92. The van der Waals surface area contributed by atoms with Crippen LogP contribution in [0.1, 0.15) is 36.3 Å². The normalized spacial score (nSPS) is 17.7. The molecule has 1 aliphatic heterocycles. The van der Waals surface area contributed by atoms with E-state index in [1.165, 1.54) is 12.1 Å². The topological polar surface area (TPSA) is 79.9 Å². The molecule has 8 heteroatoms. The van der Waals surface area contributed by atoms with Gasteiger partial charge in [0.25, 0.3) is 17.3 Å². The fourth-order valence-electron chi connectivity index (χ4n) is 4.12. The Morgan fingerprint density at radius 3 is 2.58 bits per heavy atom. The van der Waals surface area contributed by atoms with Gasteiger partial charge in [-0.1, -0.05) is 12.1 Å². The van der Waals surface area contributed by atoms with Crippen molar-refractivity contribution in [3.63, 3.8) is 0 Å². The van der Waals surface area contributed by atoms with Crippen molar-refractivity contribution >= 4 is 0 Å². The van der Waals surface area contributed by atoms with E-state index in [0.29, 0.717) is 11.6 Å². The molecule has 168 valence electrons. The quantitative estimate of drug-likeness (QED) is 0.619. The number of ether oxygens (including phenoxy) is 1. The number of rotatable bonds is 6. The Bertz CT molecular complexity index is 1290. The Labute approximate surface area is 189 Å². The zero-order valence-corrected chi connectivity index (χ0v) is 17.9. The Morgan fingerprint density at radius 1 is 1.15 bits per heavy atom. The molecule has 1 aromatic heterocycles. The number of nitrogens with one attached hydrogen (secondary N) is 1. The van der Waals surface area contributed by atoms with Gasteiger partial charge in [-0.15, -0.1) is 0 Å². The summed E-state index contributed by atoms with van der Waals surface area (Å²) < 4.78 is 36.2. The van der Waals surface area contributed by atoms with Gasteiger partial charge in [0, 0.05) is 18.0 Å². The summed E-state index contributed by atoms with van der Waals surface area (Å²) in [7, 11) is 0. The molecule has 0 amide bonds. The first-order valence-electron chi connectivity index (χ1n) is 11.0. The third-order valence-corrected chi connectivity index (χ3v) is 6.16. The smallest absolute Gasteiger partial charge is 0.298 e. The van der Waals surface area contributed by atoms with Crippen LogP contribution in [0.15, 0.2) is 47.3 Å². The van der Waals surface area contributed by atoms with Crippen LogP contribution < -0.4 is 15.6 Å². The molecule has 2 aliphatic rings. The van der Waals surface area contributed by atoms with Crippen LogP contribution in [-0.4, -0.2) is 29.2 Å². The van der Waals surface area contributed by atoms with E-state index in [1.807, 2.05) is 12.1 Å². The largest absolute Gasteiger partial charge is 0.475 e. The highest BCUT2D eigenvalue weighted by Crippen LogP contribution is 2.40. The van der Waals surface area contributed by atoms with Gasteiger partial charge in [-0.3, -0.25) is 9.36 Å². The Hall–Kier alpha value is -3.57. The lowest BCUT2D eigenvalue weighted by atomic mass is 10.1. The molecule has 2 aromatic carbocycles. The van der Waals surface area contributed by atoms with Gasteiger partial charge in [-0.2, -0.15) is 14.6 Å². The van der Waals surface area contributed by atoms with Gasteiger partial charge in [0.2, 0.25) is 0 Å². The maximum absolute atomic E-state index is 15.1. The molecule has 5 rings (SSSR count). The average molecular weight is 448 g/mol. The number of benzene rings is 2. The summed E-state index contributed by atoms with van der Waals surface area (Å²) in [5.74, 6) is -1.48. The molecule has 33 heavy (non-hydrogen) atoms. The van der Waals surface area contributed by atoms with E-state index in [1.54, 1.807) is 18.2 Å². The van der Waals surface area contributed by atoms with Crippen LogP contribution in [-0.2, 0) is 0 Å². The molecule has 0 radical (unpaired) electrons. The van der Waals surface area contributed by atoms with E-state index in [4.69, 9.17) is 10.00 Å². The maximum Gasteiger partial charge on any atom is 0.298 e. The average Bonchev–Trinajstić information content (AvgIpc) is 3.55. The molecule has 6 nitrogen and oxygen atoms in total. The summed E-state index contributed by atoms with van der Waals surface area (Å²) in [6.07, 6.45) is 3.15. The molecule has 2 fully saturated rings. The van der Waals surface area contributed by atoms with Crippen molar-refractivity contribution in [2.24, 2.45) is 5.92 Å². The zero-order valence-electron chi connectivity index (χ0n) is 17.9. The summed E-state index contributed by atoms with van der Waals surface area (Å²) in [4.78, 5) is 17.4. The van der Waals surface area contributed by atoms with Crippen molar-refractivity contribution in [2.75, 3.05) is 19.7 Å². The molecule has 2 heterocycles. The molecule has 0 bridgehead atoms. The van der Waals surface area contributed by atoms with Gasteiger partial charge in [0.15, 0.2) is 5.82 Å². The first kappa shape index (κ1) is 21.3. The Morgan fingerprint density at radius 2 is 1.94 bits per heavy atom. The highest BCUT2D eigenvalue weighted by Gasteiger charge is 2.25. The van der Waals surface area contributed by atoms with Gasteiger partial charge < -0.3 is 10.1 Å². The van der Waals surface area contributed by atoms with Gasteiger partial charge in [0.1, 0.15) is 11.9 Å². The summed E-state index contributed by atoms with van der Waals surface area (Å²) >= 11 is 0. The van der Waals surface area contributed by atoms with Crippen LogP contribution in [0, 0.1) is 28.9 Å². The van der Waals surface area contributed by atoms with Gasteiger partial charge in [-0.05, 0) is 67.6 Å². The second-order valence-corrected chi connectivity index (χ2v) is 8.54. The first-order valence-corrected chi connectivity index (χ1v) is 11.0. The number of hydrogen-bond donors (Lipinski definition) is 1. The minimum atomic E-state index is -1.09. The summed E-state index contributed by atoms with van der Waals surface area (Å²) in [6, 6.07) is 13.0. The van der Waals surface area contributed by atoms with E-state index >= 15 is 4.39 Å². The van der Waals surface area contributed by atoms with Crippen molar-refractivity contribution in [3.05, 3.63) is 75.6 Å². The SMILES string of the molecule is N#Cc1ccc(-c2nc(OC[C@@H]3CCNC3)c(F)c(=O)n2-c2ccc(C3CC3)cc2)cc1F. The second kappa shape index (κ2) is 8.75. The Balaban J connectivity index is 1.61. The van der Waals surface area contributed by atoms with Crippen LogP contribution in [0.4, 0.5) is 8.78 Å². The lowest BCUT2D eigenvalue weighted by Gasteiger charge is -2.16. The standard InChI is InChI=1S/C25H22F2N4O2/c26-21-11-18(3-4-19(21)12-28)23-30-24(33-14-15-9-10-29-13-15)22(27)25(32)31(23)20-7-5-17(6-8-20)16-1-2-16/h3-8,11,15-16,29H,1-2,9-10,13-14H2/t15-/m1/s1. The van der Waals surface area contributed by atoms with Crippen LogP contribution >= 0.6 is 0 Å². The van der Waals surface area contributed by atoms with Gasteiger partial charge >= 0.3 is 0 Å². The van der Waals surface area contributed by atoms with Crippen molar-refractivity contribution in [1.29, 1.82) is 5.26 Å². The molecule has 1 N–H and O–H groups in total. The minimum Gasteiger partial charge on any atom is -0.475 e. The van der Waals surface area contributed by atoms with E-state index in [-0.39, 0.29) is 29.5 Å². The second-order valence-electron chi connectivity index (χ2n) is 8.54. The van der Waals surface area contributed by atoms with Crippen molar-refractivity contribution in [2.45, 2.75) is 25.2 Å². The van der Waals surface area contributed by atoms with E-state index < -0.39 is 23.1 Å². The lowest BCUT2D eigenvalue weighted by molar-refractivity contribution is 0.238. The third kappa shape index (κ3) is 4.24. The van der Waals surface area contributed by atoms with Crippen LogP contribution in [0.25, 0.3) is 17.1 Å². The molecule has 1 saturated carbocycles. The fraction of sp³-hybridized carbons (Fsp3) is 0.320. The molecule has 3 aromatic rings. The fourth-order valence-corrected chi connectivity index (χ4v) is 4.12. The number of aromatic nitrogens is 2. The van der Waals surface area contributed by atoms with Crippen LogP contribution in [0.2, 0.25) is 0 Å². The summed E-state index contributed by atoms with van der Waals surface area (Å²) in [6.45, 7) is 1.83. The first-order chi connectivity index (χ1) is 16.0. The molecule has 1 atom stereocenters. The molecule has 0 spiro atoms. The lowest BCUT2D eigenvalue weighted by Crippen LogP contribution is -2.27. The maximum atomic E-state index is 15.1. The number of nitrogens with zero attached hydrogens (tertiary/aromatic N) is 3. The Kier molecular flexibility index (Phi) is 5.65. The van der Waals surface area contributed by atoms with E-state index in [2.05, 4.69) is 10.3 Å². The summed E-state index contributed by atoms with van der Waals surface area (Å²) in [5.41, 5.74) is 0.762. The molecule has 0 unspecified atom stereocenters. The monoisotopic (exact) mass is 448 g/mol. The van der Waals surface area contributed by atoms with Crippen LogP contribution in [0.3, 0.4) is 0 Å². The molecule has 1 saturated heterocycles. The highest BCUT2D eigenvalue weighted by atomic mass is 19.1. The van der Waals surface area contributed by atoms with E-state index in [0.717, 1.165) is 48.5 Å². The number of nitriles is 1. The minimum absolute atomic E-state index is 0.0449. The van der Waals surface area contributed by atoms with Crippen molar-refractivity contribution in [3.8, 4) is 29.0 Å². The van der Waals surface area contributed by atoms with Gasteiger partial charge in [-0.25, -0.2) is 4.39 Å². The number of halogens is 2. The molecular weight excluding hydrogens is 426 g/mol. The zero-order chi connectivity index (χ0) is 22.9.